The molecular formula is C29H26BrN3O4. The van der Waals surface area contributed by atoms with Gasteiger partial charge in [-0.2, -0.15) is 5.10 Å². The van der Waals surface area contributed by atoms with Gasteiger partial charge in [0, 0.05) is 15.6 Å². The lowest BCUT2D eigenvalue weighted by Gasteiger charge is -2.13. The van der Waals surface area contributed by atoms with E-state index in [1.54, 1.807) is 44.5 Å². The fourth-order valence-corrected chi connectivity index (χ4v) is 3.89. The molecule has 37 heavy (non-hydrogen) atoms. The van der Waals surface area contributed by atoms with Gasteiger partial charge in [0.15, 0.2) is 0 Å². The number of ether oxygens (including phenoxy) is 2. The van der Waals surface area contributed by atoms with Crippen molar-refractivity contribution in [2.75, 3.05) is 7.11 Å². The van der Waals surface area contributed by atoms with E-state index in [-0.39, 0.29) is 5.91 Å². The summed E-state index contributed by atoms with van der Waals surface area (Å²) in [5.41, 5.74) is 4.70. The number of methoxy groups -OCH3 is 1. The molecule has 0 fully saturated rings. The van der Waals surface area contributed by atoms with Gasteiger partial charge in [0.05, 0.1) is 13.3 Å². The Balaban J connectivity index is 1.44. The van der Waals surface area contributed by atoms with Gasteiger partial charge in [-0.05, 0) is 65.7 Å². The second-order valence-corrected chi connectivity index (χ2v) is 9.19. The summed E-state index contributed by atoms with van der Waals surface area (Å²) in [5, 5.41) is 8.80. The van der Waals surface area contributed by atoms with E-state index in [2.05, 4.69) is 31.8 Å². The summed E-state index contributed by atoms with van der Waals surface area (Å²) < 4.78 is 12.2. The number of hydrogen-bond donors (Lipinski definition) is 2. The molecule has 188 valence electrons. The second-order valence-electron chi connectivity index (χ2n) is 8.27. The summed E-state index contributed by atoms with van der Waals surface area (Å²) in [6.45, 7) is 1.98. The van der Waals surface area contributed by atoms with E-state index >= 15 is 0 Å². The van der Waals surface area contributed by atoms with Crippen LogP contribution in [0.5, 0.6) is 11.5 Å². The SMILES string of the molecule is COc1ccc(C(=O)NC(C)C(=O)NN=Cc2c(OCc3ccc(Br)cc3)ccc3ccccc23)cc1. The summed E-state index contributed by atoms with van der Waals surface area (Å²) >= 11 is 3.44. The average Bonchev–Trinajstić information content (AvgIpc) is 2.93. The molecule has 0 bridgehead atoms. The van der Waals surface area contributed by atoms with Gasteiger partial charge in [-0.1, -0.05) is 58.4 Å². The first kappa shape index (κ1) is 25.9. The summed E-state index contributed by atoms with van der Waals surface area (Å²) in [6, 6.07) is 25.5. The number of nitrogens with one attached hydrogen (secondary N) is 2. The number of hydrazone groups is 1. The highest BCUT2D eigenvalue weighted by Gasteiger charge is 2.16. The normalized spacial score (nSPS) is 11.8. The number of benzene rings is 4. The lowest BCUT2D eigenvalue weighted by atomic mass is 10.0. The van der Waals surface area contributed by atoms with Crippen LogP contribution in [-0.2, 0) is 11.4 Å². The van der Waals surface area contributed by atoms with Gasteiger partial charge < -0.3 is 14.8 Å². The van der Waals surface area contributed by atoms with Crippen LogP contribution >= 0.6 is 15.9 Å². The summed E-state index contributed by atoms with van der Waals surface area (Å²) in [7, 11) is 1.55. The first-order valence-corrected chi connectivity index (χ1v) is 12.4. The number of rotatable bonds is 9. The van der Waals surface area contributed by atoms with Crippen LogP contribution in [0.1, 0.15) is 28.4 Å². The van der Waals surface area contributed by atoms with Crippen molar-refractivity contribution in [1.82, 2.24) is 10.7 Å². The average molecular weight is 560 g/mol. The molecule has 0 radical (unpaired) electrons. The number of fused-ring (bicyclic) bond motifs is 1. The molecule has 2 N–H and O–H groups in total. The first-order chi connectivity index (χ1) is 17.9. The van der Waals surface area contributed by atoms with Crippen molar-refractivity contribution in [3.8, 4) is 11.5 Å². The van der Waals surface area contributed by atoms with Crippen molar-refractivity contribution < 1.29 is 19.1 Å². The Morgan fingerprint density at radius 3 is 2.43 bits per heavy atom. The fraction of sp³-hybridized carbons (Fsp3) is 0.138. The molecule has 1 atom stereocenters. The number of hydrogen-bond acceptors (Lipinski definition) is 5. The van der Waals surface area contributed by atoms with Gasteiger partial charge in [0.25, 0.3) is 11.8 Å². The van der Waals surface area contributed by atoms with Crippen LogP contribution in [0.4, 0.5) is 0 Å². The van der Waals surface area contributed by atoms with E-state index in [4.69, 9.17) is 9.47 Å². The number of amides is 2. The Morgan fingerprint density at radius 1 is 0.973 bits per heavy atom. The van der Waals surface area contributed by atoms with Gasteiger partial charge in [-0.25, -0.2) is 5.43 Å². The van der Waals surface area contributed by atoms with E-state index in [9.17, 15) is 9.59 Å². The topological polar surface area (TPSA) is 89.0 Å². The molecule has 0 aliphatic heterocycles. The van der Waals surface area contributed by atoms with Crippen LogP contribution in [-0.4, -0.2) is 31.2 Å². The minimum Gasteiger partial charge on any atom is -0.497 e. The largest absolute Gasteiger partial charge is 0.497 e. The van der Waals surface area contributed by atoms with Gasteiger partial charge in [-0.15, -0.1) is 0 Å². The minimum absolute atomic E-state index is 0.369. The van der Waals surface area contributed by atoms with Crippen molar-refractivity contribution >= 4 is 44.7 Å². The minimum atomic E-state index is -0.799. The molecular weight excluding hydrogens is 534 g/mol. The smallest absolute Gasteiger partial charge is 0.262 e. The standard InChI is InChI=1S/C29H26BrN3O4/c1-19(32-29(35)22-9-14-24(36-2)15-10-22)28(34)33-31-17-26-25-6-4-3-5-21(25)11-16-27(26)37-18-20-7-12-23(30)13-8-20/h3-17,19H,18H2,1-2H3,(H,32,35)(H,33,34). The van der Waals surface area contributed by atoms with Gasteiger partial charge in [-0.3, -0.25) is 9.59 Å². The van der Waals surface area contributed by atoms with E-state index in [1.165, 1.54) is 0 Å². The highest BCUT2D eigenvalue weighted by atomic mass is 79.9. The number of carbonyl (C=O) groups excluding carboxylic acids is 2. The maximum absolute atomic E-state index is 12.6. The molecule has 0 heterocycles. The lowest BCUT2D eigenvalue weighted by molar-refractivity contribution is -0.122. The maximum Gasteiger partial charge on any atom is 0.262 e. The zero-order valence-electron chi connectivity index (χ0n) is 20.4. The van der Waals surface area contributed by atoms with Crippen LogP contribution in [0.15, 0.2) is 94.5 Å². The Labute approximate surface area is 223 Å². The van der Waals surface area contributed by atoms with Crippen molar-refractivity contribution in [2.24, 2.45) is 5.10 Å². The van der Waals surface area contributed by atoms with Crippen molar-refractivity contribution in [3.63, 3.8) is 0 Å². The maximum atomic E-state index is 12.6. The van der Waals surface area contributed by atoms with Crippen LogP contribution < -0.4 is 20.2 Å². The number of carbonyl (C=O) groups is 2. The highest BCUT2D eigenvalue weighted by molar-refractivity contribution is 9.10. The van der Waals surface area contributed by atoms with Crippen molar-refractivity contribution in [1.29, 1.82) is 0 Å². The zero-order valence-corrected chi connectivity index (χ0v) is 22.0. The van der Waals surface area contributed by atoms with E-state index in [1.807, 2.05) is 60.7 Å². The van der Waals surface area contributed by atoms with Crippen LogP contribution in [0.3, 0.4) is 0 Å². The molecule has 0 spiro atoms. The van der Waals surface area contributed by atoms with Crippen LogP contribution in [0.25, 0.3) is 10.8 Å². The Hall–Kier alpha value is -4.17. The quantitative estimate of drug-likeness (QED) is 0.210. The Bertz CT molecular complexity index is 1420. The van der Waals surface area contributed by atoms with Gasteiger partial charge in [0.2, 0.25) is 0 Å². The third-order valence-electron chi connectivity index (χ3n) is 5.70. The molecule has 8 heteroatoms. The molecule has 7 nitrogen and oxygen atoms in total. The van der Waals surface area contributed by atoms with E-state index in [0.29, 0.717) is 23.7 Å². The monoisotopic (exact) mass is 559 g/mol. The van der Waals surface area contributed by atoms with Gasteiger partial charge >= 0.3 is 0 Å². The lowest BCUT2D eigenvalue weighted by Crippen LogP contribution is -2.43. The molecule has 0 saturated carbocycles. The number of halogens is 1. The third-order valence-corrected chi connectivity index (χ3v) is 6.23. The number of nitrogens with zero attached hydrogens (tertiary/aromatic N) is 1. The summed E-state index contributed by atoms with van der Waals surface area (Å²) in [5.74, 6) is 0.466. The first-order valence-electron chi connectivity index (χ1n) is 11.6. The van der Waals surface area contributed by atoms with Crippen molar-refractivity contribution in [2.45, 2.75) is 19.6 Å². The molecule has 1 unspecified atom stereocenters. The zero-order chi connectivity index (χ0) is 26.2. The second kappa shape index (κ2) is 12.2. The molecule has 4 aromatic carbocycles. The highest BCUT2D eigenvalue weighted by Crippen LogP contribution is 2.27. The molecule has 4 rings (SSSR count). The molecule has 0 aromatic heterocycles. The summed E-state index contributed by atoms with van der Waals surface area (Å²) in [4.78, 5) is 25.1. The van der Waals surface area contributed by atoms with Crippen LogP contribution in [0, 0.1) is 0 Å². The van der Waals surface area contributed by atoms with Crippen molar-refractivity contribution in [3.05, 3.63) is 106 Å². The Morgan fingerprint density at radius 2 is 1.70 bits per heavy atom. The predicted octanol–water partition coefficient (Wildman–Crippen LogP) is 5.46. The van der Waals surface area contributed by atoms with Gasteiger partial charge in [0.1, 0.15) is 24.1 Å². The fourth-order valence-electron chi connectivity index (χ4n) is 3.62. The molecule has 0 saturated heterocycles. The third kappa shape index (κ3) is 6.74. The predicted molar refractivity (Wildman–Crippen MR) is 148 cm³/mol. The molecule has 0 aliphatic carbocycles. The summed E-state index contributed by atoms with van der Waals surface area (Å²) in [6.07, 6.45) is 1.56. The van der Waals surface area contributed by atoms with E-state index < -0.39 is 11.9 Å². The van der Waals surface area contributed by atoms with Crippen LogP contribution in [0.2, 0.25) is 0 Å². The molecule has 0 aliphatic rings. The Kier molecular flexibility index (Phi) is 8.53. The molecule has 2 amide bonds. The molecule has 4 aromatic rings. The van der Waals surface area contributed by atoms with E-state index in [0.717, 1.165) is 26.4 Å².